The topological polar surface area (TPSA) is 70.5 Å². The van der Waals surface area contributed by atoms with Gasteiger partial charge in [-0.15, -0.1) is 0 Å². The number of nitrogens with zero attached hydrogens (tertiary/aromatic N) is 2. The molecule has 0 bridgehead atoms. The molecule has 1 fully saturated rings. The summed E-state index contributed by atoms with van der Waals surface area (Å²) in [5.74, 6) is 0.149. The minimum Gasteiger partial charge on any atom is -0.489 e. The average Bonchev–Trinajstić information content (AvgIpc) is 3.49. The van der Waals surface area contributed by atoms with Gasteiger partial charge in [0, 0.05) is 0 Å². The van der Waals surface area contributed by atoms with E-state index in [1.165, 1.54) is 25.6 Å². The highest BCUT2D eigenvalue weighted by atomic mass is 19.3. The van der Waals surface area contributed by atoms with Crippen LogP contribution in [0.1, 0.15) is 34.6 Å². The van der Waals surface area contributed by atoms with Crippen molar-refractivity contribution >= 4 is 18.1 Å². The molecule has 1 aliphatic carbocycles. The lowest BCUT2D eigenvalue weighted by Crippen LogP contribution is -2.06. The van der Waals surface area contributed by atoms with Gasteiger partial charge < -0.3 is 14.2 Å². The number of hydrogen-bond acceptors (Lipinski definition) is 6. The van der Waals surface area contributed by atoms with E-state index in [0.29, 0.717) is 23.8 Å². The highest BCUT2D eigenvalue weighted by Crippen LogP contribution is 2.34. The zero-order valence-corrected chi connectivity index (χ0v) is 14.6. The highest BCUT2D eigenvalue weighted by molar-refractivity contribution is 5.87. The molecule has 27 heavy (non-hydrogen) atoms. The SMILES string of the molecule is COC(=O)c1cncc(/C=C/c2ccc(OC(F)F)c(OCC3CC3)c2)n1. The molecule has 1 aromatic heterocycles. The highest BCUT2D eigenvalue weighted by Gasteiger charge is 2.23. The van der Waals surface area contributed by atoms with Gasteiger partial charge in [-0.3, -0.25) is 4.98 Å². The Balaban J connectivity index is 1.78. The molecular formula is C19H18F2N2O4. The second-order valence-electron chi connectivity index (χ2n) is 5.99. The number of methoxy groups -OCH3 is 1. The van der Waals surface area contributed by atoms with Gasteiger partial charge in [0.1, 0.15) is 0 Å². The Morgan fingerprint density at radius 1 is 1.26 bits per heavy atom. The number of rotatable bonds is 8. The van der Waals surface area contributed by atoms with E-state index in [0.717, 1.165) is 12.8 Å². The third-order valence-corrected chi connectivity index (χ3v) is 3.85. The van der Waals surface area contributed by atoms with E-state index in [1.807, 2.05) is 0 Å². The molecule has 0 aliphatic heterocycles. The van der Waals surface area contributed by atoms with Crippen molar-refractivity contribution in [2.75, 3.05) is 13.7 Å². The van der Waals surface area contributed by atoms with Crippen LogP contribution in [0.25, 0.3) is 12.2 Å². The Bertz CT molecular complexity index is 838. The summed E-state index contributed by atoms with van der Waals surface area (Å²) in [4.78, 5) is 19.6. The first-order valence-corrected chi connectivity index (χ1v) is 8.35. The quantitative estimate of drug-likeness (QED) is 0.652. The summed E-state index contributed by atoms with van der Waals surface area (Å²) in [6.07, 6.45) is 8.32. The fourth-order valence-corrected chi connectivity index (χ4v) is 2.27. The van der Waals surface area contributed by atoms with Crippen LogP contribution in [0.4, 0.5) is 8.78 Å². The molecule has 8 heteroatoms. The summed E-state index contributed by atoms with van der Waals surface area (Å²) in [5.41, 5.74) is 1.24. The predicted octanol–water partition coefficient (Wildman–Crippen LogP) is 3.82. The number of alkyl halides is 2. The van der Waals surface area contributed by atoms with Crippen molar-refractivity contribution in [1.82, 2.24) is 9.97 Å². The van der Waals surface area contributed by atoms with E-state index in [4.69, 9.17) is 4.74 Å². The smallest absolute Gasteiger partial charge is 0.387 e. The molecular weight excluding hydrogens is 358 g/mol. The van der Waals surface area contributed by atoms with Gasteiger partial charge >= 0.3 is 12.6 Å². The molecule has 0 N–H and O–H groups in total. The third-order valence-electron chi connectivity index (χ3n) is 3.85. The largest absolute Gasteiger partial charge is 0.489 e. The summed E-state index contributed by atoms with van der Waals surface area (Å²) in [6, 6.07) is 4.68. The maximum atomic E-state index is 12.6. The van der Waals surface area contributed by atoms with Gasteiger partial charge in [0.05, 0.1) is 31.8 Å². The number of hydrogen-bond donors (Lipinski definition) is 0. The van der Waals surface area contributed by atoms with E-state index in [9.17, 15) is 13.6 Å². The molecule has 142 valence electrons. The number of halogens is 2. The van der Waals surface area contributed by atoms with E-state index in [-0.39, 0.29) is 17.2 Å². The molecule has 1 heterocycles. The van der Waals surface area contributed by atoms with Crippen LogP contribution in [0.5, 0.6) is 11.5 Å². The van der Waals surface area contributed by atoms with Crippen LogP contribution >= 0.6 is 0 Å². The number of benzene rings is 1. The zero-order valence-electron chi connectivity index (χ0n) is 14.6. The van der Waals surface area contributed by atoms with Crippen LogP contribution in [0, 0.1) is 5.92 Å². The lowest BCUT2D eigenvalue weighted by atomic mass is 10.1. The van der Waals surface area contributed by atoms with Gasteiger partial charge in [0.25, 0.3) is 0 Å². The van der Waals surface area contributed by atoms with Crippen LogP contribution < -0.4 is 9.47 Å². The molecule has 0 atom stereocenters. The zero-order chi connectivity index (χ0) is 19.2. The van der Waals surface area contributed by atoms with Crippen LogP contribution in [-0.4, -0.2) is 36.3 Å². The molecule has 0 saturated heterocycles. The summed E-state index contributed by atoms with van der Waals surface area (Å²) >= 11 is 0. The molecule has 2 aromatic rings. The van der Waals surface area contributed by atoms with Crippen molar-refractivity contribution in [3.05, 3.63) is 47.5 Å². The molecule has 1 saturated carbocycles. The molecule has 1 aliphatic rings. The summed E-state index contributed by atoms with van der Waals surface area (Å²) in [6.45, 7) is -2.45. The monoisotopic (exact) mass is 376 g/mol. The molecule has 0 amide bonds. The number of esters is 1. The van der Waals surface area contributed by atoms with Gasteiger partial charge in [-0.25, -0.2) is 9.78 Å². The fraction of sp³-hybridized carbons (Fsp3) is 0.316. The standard InChI is InChI=1S/C19H18F2N2O4/c1-25-18(24)15-10-22-9-14(23-15)6-4-12-5-7-16(27-19(20)21)17(8-12)26-11-13-2-3-13/h4-10,13,19H,2-3,11H2,1H3/b6-4+. The van der Waals surface area contributed by atoms with Gasteiger partial charge in [-0.1, -0.05) is 12.1 Å². The lowest BCUT2D eigenvalue weighted by molar-refractivity contribution is -0.0515. The maximum Gasteiger partial charge on any atom is 0.387 e. The first-order valence-electron chi connectivity index (χ1n) is 8.35. The van der Waals surface area contributed by atoms with E-state index in [2.05, 4.69) is 19.4 Å². The fourth-order valence-electron chi connectivity index (χ4n) is 2.27. The van der Waals surface area contributed by atoms with E-state index >= 15 is 0 Å². The van der Waals surface area contributed by atoms with Gasteiger partial charge in [0.15, 0.2) is 17.2 Å². The summed E-state index contributed by atoms with van der Waals surface area (Å²) in [7, 11) is 1.26. The molecule has 0 radical (unpaired) electrons. The second-order valence-corrected chi connectivity index (χ2v) is 5.99. The van der Waals surface area contributed by atoms with Crippen LogP contribution in [0.2, 0.25) is 0 Å². The van der Waals surface area contributed by atoms with Crippen LogP contribution in [-0.2, 0) is 4.74 Å². The Morgan fingerprint density at radius 3 is 2.78 bits per heavy atom. The summed E-state index contributed by atoms with van der Waals surface area (Å²) < 4.78 is 39.9. The average molecular weight is 376 g/mol. The van der Waals surface area contributed by atoms with E-state index < -0.39 is 12.6 Å². The Hall–Kier alpha value is -3.03. The molecule has 1 aromatic carbocycles. The van der Waals surface area contributed by atoms with Crippen LogP contribution in [0.3, 0.4) is 0 Å². The number of carbonyl (C=O) groups is 1. The maximum absolute atomic E-state index is 12.6. The van der Waals surface area contributed by atoms with Gasteiger partial charge in [-0.2, -0.15) is 8.78 Å². The Morgan fingerprint density at radius 2 is 2.07 bits per heavy atom. The van der Waals surface area contributed by atoms with Crippen molar-refractivity contribution in [3.63, 3.8) is 0 Å². The van der Waals surface area contributed by atoms with Crippen LogP contribution in [0.15, 0.2) is 30.6 Å². The Kier molecular flexibility index (Phi) is 5.95. The second kappa shape index (κ2) is 8.57. The third kappa shape index (κ3) is 5.47. The molecule has 0 unspecified atom stereocenters. The van der Waals surface area contributed by atoms with Gasteiger partial charge in [-0.05, 0) is 42.5 Å². The van der Waals surface area contributed by atoms with Gasteiger partial charge in [0.2, 0.25) is 0 Å². The lowest BCUT2D eigenvalue weighted by Gasteiger charge is -2.12. The molecule has 3 rings (SSSR count). The molecule has 0 spiro atoms. The van der Waals surface area contributed by atoms with Crippen molar-refractivity contribution < 1.29 is 27.8 Å². The number of carbonyl (C=O) groups excluding carboxylic acids is 1. The predicted molar refractivity (Wildman–Crippen MR) is 93.6 cm³/mol. The number of aromatic nitrogens is 2. The van der Waals surface area contributed by atoms with Crippen molar-refractivity contribution in [2.45, 2.75) is 19.5 Å². The normalized spacial score (nSPS) is 13.8. The first-order chi connectivity index (χ1) is 13.0. The molecule has 6 nitrogen and oxygen atoms in total. The first kappa shape index (κ1) is 18.8. The van der Waals surface area contributed by atoms with Crippen molar-refractivity contribution in [2.24, 2.45) is 5.92 Å². The minimum atomic E-state index is -2.92. The number of ether oxygens (including phenoxy) is 3. The van der Waals surface area contributed by atoms with Crippen molar-refractivity contribution in [3.8, 4) is 11.5 Å². The van der Waals surface area contributed by atoms with Crippen molar-refractivity contribution in [1.29, 1.82) is 0 Å². The van der Waals surface area contributed by atoms with E-state index in [1.54, 1.807) is 24.3 Å². The minimum absolute atomic E-state index is 0.00437. The summed E-state index contributed by atoms with van der Waals surface area (Å²) in [5, 5.41) is 0. The Labute approximate surface area is 154 Å².